The molecule has 5 atom stereocenters. The summed E-state index contributed by atoms with van der Waals surface area (Å²) in [5, 5.41) is 15.0. The van der Waals surface area contributed by atoms with E-state index in [1.807, 2.05) is 0 Å². The molecule has 1 unspecified atom stereocenters. The van der Waals surface area contributed by atoms with E-state index in [9.17, 15) is 14.7 Å². The summed E-state index contributed by atoms with van der Waals surface area (Å²) >= 11 is 6.26. The van der Waals surface area contributed by atoms with Crippen LogP contribution in [0.1, 0.15) is 20.3 Å². The van der Waals surface area contributed by atoms with Gasteiger partial charge in [0.2, 0.25) is 0 Å². The minimum Gasteiger partial charge on any atom is -0.394 e. The van der Waals surface area contributed by atoms with Crippen molar-refractivity contribution in [3.8, 4) is 0 Å². The van der Waals surface area contributed by atoms with Crippen molar-refractivity contribution in [1.82, 2.24) is 10.2 Å². The van der Waals surface area contributed by atoms with Crippen LogP contribution in [0.25, 0.3) is 10.4 Å². The molecular weight excluding hydrogens is 330 g/mol. The second-order valence-electron chi connectivity index (χ2n) is 5.37. The third-order valence-corrected chi connectivity index (χ3v) is 4.19. The van der Waals surface area contributed by atoms with Crippen LogP contribution in [0.5, 0.6) is 0 Å². The molecule has 2 aliphatic rings. The average Bonchev–Trinajstić information content (AvgIpc) is 2.88. The van der Waals surface area contributed by atoms with Gasteiger partial charge < -0.3 is 14.6 Å². The standard InChI is InChI=1S/C12H18ClN5O5/c1-3-22-10-12(2,13)9(20)15-11(21)18(10)8-4-6(16-17-14)7(5-19)23-8/h6-8,10,19H,3-5H2,1-2H3,(H,15,20,21)/t6?,7-,8-,10+,12-/m1/s1. The lowest BCUT2D eigenvalue weighted by molar-refractivity contribution is -0.160. The number of carbonyl (C=O) groups is 2. The van der Waals surface area contributed by atoms with Gasteiger partial charge in [0.1, 0.15) is 6.23 Å². The van der Waals surface area contributed by atoms with Crippen LogP contribution in [0, 0.1) is 0 Å². The third-order valence-electron chi connectivity index (χ3n) is 3.83. The molecule has 0 saturated carbocycles. The van der Waals surface area contributed by atoms with Gasteiger partial charge in [-0.1, -0.05) is 5.11 Å². The number of nitrogens with zero attached hydrogens (tertiary/aromatic N) is 4. The van der Waals surface area contributed by atoms with Gasteiger partial charge in [0, 0.05) is 17.9 Å². The number of aliphatic hydroxyl groups excluding tert-OH is 1. The number of ether oxygens (including phenoxy) is 2. The largest absolute Gasteiger partial charge is 0.394 e. The molecule has 2 N–H and O–H groups in total. The molecule has 2 aliphatic heterocycles. The van der Waals surface area contributed by atoms with Gasteiger partial charge in [-0.15, -0.1) is 11.6 Å². The Kier molecular flexibility index (Phi) is 5.33. The van der Waals surface area contributed by atoms with Crippen molar-refractivity contribution in [3.05, 3.63) is 10.4 Å². The third kappa shape index (κ3) is 3.22. The van der Waals surface area contributed by atoms with Crippen molar-refractivity contribution in [2.24, 2.45) is 5.11 Å². The first kappa shape index (κ1) is 17.8. The zero-order valence-corrected chi connectivity index (χ0v) is 13.4. The van der Waals surface area contributed by atoms with E-state index in [1.54, 1.807) is 6.92 Å². The van der Waals surface area contributed by atoms with Crippen molar-refractivity contribution < 1.29 is 24.2 Å². The second kappa shape index (κ2) is 6.90. The molecule has 2 saturated heterocycles. The smallest absolute Gasteiger partial charge is 0.328 e. The number of aliphatic hydroxyl groups is 1. The number of imide groups is 1. The number of carbonyl (C=O) groups excluding carboxylic acids is 2. The monoisotopic (exact) mass is 347 g/mol. The Bertz CT molecular complexity index is 538. The van der Waals surface area contributed by atoms with Gasteiger partial charge in [-0.05, 0) is 19.4 Å². The van der Waals surface area contributed by atoms with Gasteiger partial charge in [0.15, 0.2) is 11.1 Å². The van der Waals surface area contributed by atoms with Gasteiger partial charge in [-0.2, -0.15) is 0 Å². The number of rotatable bonds is 5. The second-order valence-corrected chi connectivity index (χ2v) is 6.15. The molecule has 0 aromatic carbocycles. The predicted molar refractivity (Wildman–Crippen MR) is 78.3 cm³/mol. The zero-order chi connectivity index (χ0) is 17.2. The Morgan fingerprint density at radius 2 is 2.35 bits per heavy atom. The van der Waals surface area contributed by atoms with E-state index >= 15 is 0 Å². The van der Waals surface area contributed by atoms with Crippen LogP contribution in [-0.4, -0.2) is 64.6 Å². The summed E-state index contributed by atoms with van der Waals surface area (Å²) in [6, 6.07) is -1.35. The van der Waals surface area contributed by atoms with E-state index in [2.05, 4.69) is 15.3 Å². The van der Waals surface area contributed by atoms with Gasteiger partial charge in [-0.25, -0.2) is 4.79 Å². The van der Waals surface area contributed by atoms with Crippen LogP contribution in [0.2, 0.25) is 0 Å². The molecule has 0 aromatic rings. The summed E-state index contributed by atoms with van der Waals surface area (Å²) in [6.07, 6.45) is -2.48. The van der Waals surface area contributed by atoms with E-state index in [4.69, 9.17) is 26.6 Å². The maximum atomic E-state index is 12.2. The number of alkyl halides is 1. The molecule has 128 valence electrons. The molecule has 3 amide bonds. The lowest BCUT2D eigenvalue weighted by atomic mass is 10.0. The summed E-state index contributed by atoms with van der Waals surface area (Å²) < 4.78 is 11.1. The van der Waals surface area contributed by atoms with Gasteiger partial charge in [0.05, 0.1) is 18.8 Å². The van der Waals surface area contributed by atoms with Crippen molar-refractivity contribution in [3.63, 3.8) is 0 Å². The number of hydrogen-bond donors (Lipinski definition) is 2. The van der Waals surface area contributed by atoms with Crippen LogP contribution >= 0.6 is 11.6 Å². The summed E-state index contributed by atoms with van der Waals surface area (Å²) in [6.45, 7) is 3.00. The summed E-state index contributed by atoms with van der Waals surface area (Å²) in [4.78, 5) is 26.6. The van der Waals surface area contributed by atoms with Gasteiger partial charge >= 0.3 is 6.03 Å². The molecule has 2 fully saturated rings. The minimum absolute atomic E-state index is 0.160. The SMILES string of the molecule is CCO[C@@H]1N([C@H]2CC(N=[N+]=[N-])[C@@H](CO)O2)C(=O)NC(=O)[C@@]1(C)Cl. The predicted octanol–water partition coefficient (Wildman–Crippen LogP) is 0.685. The molecule has 23 heavy (non-hydrogen) atoms. The Morgan fingerprint density at radius 1 is 1.65 bits per heavy atom. The molecule has 0 aliphatic carbocycles. The van der Waals surface area contributed by atoms with Crippen molar-refractivity contribution >= 4 is 23.5 Å². The number of nitrogens with one attached hydrogen (secondary N) is 1. The van der Waals surface area contributed by atoms with Crippen LogP contribution < -0.4 is 5.32 Å². The zero-order valence-electron chi connectivity index (χ0n) is 12.7. The Hall–Kier alpha value is -1.58. The molecule has 10 nitrogen and oxygen atoms in total. The fraction of sp³-hybridized carbons (Fsp3) is 0.833. The first-order valence-electron chi connectivity index (χ1n) is 7.11. The quantitative estimate of drug-likeness (QED) is 0.326. The number of hydrogen-bond acceptors (Lipinski definition) is 6. The van der Waals surface area contributed by atoms with Crippen LogP contribution in [0.3, 0.4) is 0 Å². The van der Waals surface area contributed by atoms with E-state index in [0.29, 0.717) is 0 Å². The maximum Gasteiger partial charge on any atom is 0.328 e. The van der Waals surface area contributed by atoms with E-state index in [-0.39, 0.29) is 19.6 Å². The van der Waals surface area contributed by atoms with Crippen molar-refractivity contribution in [2.45, 2.75) is 49.7 Å². The summed E-state index contributed by atoms with van der Waals surface area (Å²) in [5.41, 5.74) is 8.58. The molecular formula is C12H18ClN5O5. The van der Waals surface area contributed by atoms with Crippen LogP contribution in [0.4, 0.5) is 4.79 Å². The normalized spacial score (nSPS) is 37.5. The highest BCUT2D eigenvalue weighted by molar-refractivity contribution is 6.36. The maximum absolute atomic E-state index is 12.2. The highest BCUT2D eigenvalue weighted by atomic mass is 35.5. The fourth-order valence-corrected chi connectivity index (χ4v) is 2.89. The minimum atomic E-state index is -1.50. The molecule has 11 heteroatoms. The number of amides is 3. The van der Waals surface area contributed by atoms with Crippen molar-refractivity contribution in [2.75, 3.05) is 13.2 Å². The molecule has 2 heterocycles. The molecule has 0 spiro atoms. The topological polar surface area (TPSA) is 137 Å². The van der Waals surface area contributed by atoms with E-state index < -0.39 is 41.4 Å². The van der Waals surface area contributed by atoms with Crippen LogP contribution in [0.15, 0.2) is 5.11 Å². The lowest BCUT2D eigenvalue weighted by Crippen LogP contribution is -2.69. The average molecular weight is 348 g/mol. The molecule has 0 radical (unpaired) electrons. The molecule has 0 aromatic heterocycles. The van der Waals surface area contributed by atoms with Gasteiger partial charge in [0.25, 0.3) is 5.91 Å². The lowest BCUT2D eigenvalue weighted by Gasteiger charge is -2.44. The highest BCUT2D eigenvalue weighted by Gasteiger charge is 2.54. The first-order valence-corrected chi connectivity index (χ1v) is 7.49. The van der Waals surface area contributed by atoms with E-state index in [1.165, 1.54) is 11.8 Å². The number of azide groups is 1. The molecule has 0 bridgehead atoms. The summed E-state index contributed by atoms with van der Waals surface area (Å²) in [7, 11) is 0. The Morgan fingerprint density at radius 3 is 2.91 bits per heavy atom. The van der Waals surface area contributed by atoms with E-state index in [0.717, 1.165) is 0 Å². The van der Waals surface area contributed by atoms with Crippen molar-refractivity contribution in [1.29, 1.82) is 0 Å². The van der Waals surface area contributed by atoms with Gasteiger partial charge in [-0.3, -0.25) is 15.0 Å². The number of urea groups is 1. The number of halogens is 1. The Labute approximate surface area is 137 Å². The first-order chi connectivity index (χ1) is 10.9. The van der Waals surface area contributed by atoms with Crippen LogP contribution in [-0.2, 0) is 14.3 Å². The molecule has 2 rings (SSSR count). The fourth-order valence-electron chi connectivity index (χ4n) is 2.68. The Balaban J connectivity index is 2.29. The summed E-state index contributed by atoms with van der Waals surface area (Å²) in [5.74, 6) is -0.665. The highest BCUT2D eigenvalue weighted by Crippen LogP contribution is 2.35.